The van der Waals surface area contributed by atoms with E-state index in [-0.39, 0.29) is 22.2 Å². The summed E-state index contributed by atoms with van der Waals surface area (Å²) in [4.78, 5) is 24.8. The minimum Gasteiger partial charge on any atom is -0.481 e. The number of fused-ring (bicyclic) bond motifs is 7. The molecule has 1 saturated heterocycles. The summed E-state index contributed by atoms with van der Waals surface area (Å²) >= 11 is 0. The first kappa shape index (κ1) is 18.7. The van der Waals surface area contributed by atoms with E-state index in [1.165, 1.54) is 6.42 Å². The molecule has 5 rings (SSSR count). The largest absolute Gasteiger partial charge is 0.481 e. The number of allylic oxidation sites excluding steroid dienone is 2. The molecule has 154 valence electrons. The van der Waals surface area contributed by atoms with Crippen molar-refractivity contribution in [3.05, 3.63) is 11.8 Å². The van der Waals surface area contributed by atoms with Crippen molar-refractivity contribution >= 4 is 11.9 Å². The normalized spacial score (nSPS) is 52.5. The quantitative estimate of drug-likeness (QED) is 0.675. The summed E-state index contributed by atoms with van der Waals surface area (Å²) in [6.45, 7) is 6.99. The monoisotopic (exact) mass is 385 g/mol. The van der Waals surface area contributed by atoms with Gasteiger partial charge in [-0.1, -0.05) is 39.7 Å². The second kappa shape index (κ2) is 5.64. The summed E-state index contributed by atoms with van der Waals surface area (Å²) in [5.41, 5.74) is 0.484. The van der Waals surface area contributed by atoms with E-state index in [0.717, 1.165) is 57.1 Å². The first-order chi connectivity index (χ1) is 13.2. The van der Waals surface area contributed by atoms with E-state index in [4.69, 9.17) is 0 Å². The molecule has 4 heteroatoms. The Morgan fingerprint density at radius 3 is 2.61 bits per heavy atom. The topological polar surface area (TPSA) is 66.4 Å². The van der Waals surface area contributed by atoms with Gasteiger partial charge in [0.15, 0.2) is 0 Å². The standard InChI is InChI=1S/C24H35NO3/c1-21-10-4-5-11-24(21,20(27)28)23(3)13-8-16-15(17(23)14-21)6-7-18-22(16,2)12-9-19(26)25-18/h7,15-17H,4-6,8-14H2,1-3H3,(H,25,26)(H,27,28)/t15?,16?,17?,21-,22-,23+,24+/m1/s1. The number of carboxylic acids is 1. The summed E-state index contributed by atoms with van der Waals surface area (Å²) in [5.74, 6) is 1.24. The summed E-state index contributed by atoms with van der Waals surface area (Å²) < 4.78 is 0. The average Bonchev–Trinajstić information content (AvgIpc) is 2.87. The highest BCUT2D eigenvalue weighted by Gasteiger charge is 2.74. The molecule has 1 amide bonds. The molecule has 4 fully saturated rings. The lowest BCUT2D eigenvalue weighted by atomic mass is 9.44. The van der Waals surface area contributed by atoms with Gasteiger partial charge in [0.2, 0.25) is 5.91 Å². The summed E-state index contributed by atoms with van der Waals surface area (Å²) in [6.07, 6.45) is 12.2. The fourth-order valence-electron chi connectivity index (χ4n) is 9.19. The molecule has 3 saturated carbocycles. The van der Waals surface area contributed by atoms with Crippen LogP contribution in [0.1, 0.15) is 85.0 Å². The summed E-state index contributed by atoms with van der Waals surface area (Å²) in [6, 6.07) is 0. The van der Waals surface area contributed by atoms with E-state index in [9.17, 15) is 14.7 Å². The number of carbonyl (C=O) groups excluding carboxylic acids is 1. The van der Waals surface area contributed by atoms with Crippen LogP contribution in [0.15, 0.2) is 11.8 Å². The van der Waals surface area contributed by atoms with E-state index in [1.54, 1.807) is 0 Å². The molecule has 7 atom stereocenters. The van der Waals surface area contributed by atoms with Gasteiger partial charge in [0.1, 0.15) is 0 Å². The van der Waals surface area contributed by atoms with Crippen LogP contribution in [-0.4, -0.2) is 17.0 Å². The Balaban J connectivity index is 1.58. The molecule has 3 unspecified atom stereocenters. The maximum Gasteiger partial charge on any atom is 0.310 e. The molecule has 28 heavy (non-hydrogen) atoms. The fourth-order valence-corrected chi connectivity index (χ4v) is 9.19. The van der Waals surface area contributed by atoms with Gasteiger partial charge in [-0.2, -0.15) is 0 Å². The lowest BCUT2D eigenvalue weighted by Gasteiger charge is -2.59. The van der Waals surface area contributed by atoms with Crippen molar-refractivity contribution in [1.29, 1.82) is 0 Å². The highest BCUT2D eigenvalue weighted by atomic mass is 16.4. The van der Waals surface area contributed by atoms with E-state index >= 15 is 0 Å². The predicted octanol–water partition coefficient (Wildman–Crippen LogP) is 4.89. The van der Waals surface area contributed by atoms with Gasteiger partial charge in [-0.3, -0.25) is 9.59 Å². The molecule has 2 N–H and O–H groups in total. The number of aliphatic carboxylic acids is 1. The van der Waals surface area contributed by atoms with Gasteiger partial charge < -0.3 is 10.4 Å². The molecule has 0 bridgehead atoms. The van der Waals surface area contributed by atoms with Crippen molar-refractivity contribution in [1.82, 2.24) is 5.32 Å². The predicted molar refractivity (Wildman–Crippen MR) is 107 cm³/mol. The zero-order valence-corrected chi connectivity index (χ0v) is 17.6. The van der Waals surface area contributed by atoms with Gasteiger partial charge in [0.05, 0.1) is 5.41 Å². The minimum atomic E-state index is -0.556. The Bertz CT molecular complexity index is 774. The molecule has 4 aliphatic carbocycles. The zero-order chi connectivity index (χ0) is 19.9. The molecule has 4 nitrogen and oxygen atoms in total. The Labute approximate surface area is 168 Å². The molecule has 0 radical (unpaired) electrons. The van der Waals surface area contributed by atoms with Crippen LogP contribution in [0.2, 0.25) is 0 Å². The number of nitrogens with one attached hydrogen (secondary N) is 1. The third-order valence-electron chi connectivity index (χ3n) is 10.6. The van der Waals surface area contributed by atoms with E-state index < -0.39 is 11.4 Å². The van der Waals surface area contributed by atoms with Gasteiger partial charge in [-0.25, -0.2) is 0 Å². The average molecular weight is 386 g/mol. The Hall–Kier alpha value is -1.32. The van der Waals surface area contributed by atoms with Crippen LogP contribution in [0, 0.1) is 39.4 Å². The Kier molecular flexibility index (Phi) is 3.76. The molecule has 0 aromatic rings. The maximum atomic E-state index is 12.9. The molecule has 0 spiro atoms. The van der Waals surface area contributed by atoms with Crippen LogP contribution in [0.3, 0.4) is 0 Å². The van der Waals surface area contributed by atoms with E-state index in [1.807, 2.05) is 0 Å². The highest BCUT2D eigenvalue weighted by Crippen LogP contribution is 2.77. The molecule has 1 heterocycles. The van der Waals surface area contributed by atoms with Crippen molar-refractivity contribution in [2.45, 2.75) is 85.0 Å². The van der Waals surface area contributed by atoms with E-state index in [2.05, 4.69) is 32.2 Å². The number of hydrogen-bond donors (Lipinski definition) is 2. The van der Waals surface area contributed by atoms with Gasteiger partial charge in [-0.05, 0) is 73.5 Å². The Morgan fingerprint density at radius 2 is 1.86 bits per heavy atom. The van der Waals surface area contributed by atoms with Crippen molar-refractivity contribution in [3.63, 3.8) is 0 Å². The summed E-state index contributed by atoms with van der Waals surface area (Å²) in [7, 11) is 0. The molecular weight excluding hydrogens is 350 g/mol. The van der Waals surface area contributed by atoms with Crippen LogP contribution in [0.5, 0.6) is 0 Å². The second-order valence-electron chi connectivity index (χ2n) is 11.3. The fraction of sp³-hybridized carbons (Fsp3) is 0.833. The number of piperidine rings is 1. The molecule has 5 aliphatic rings. The molecule has 1 aliphatic heterocycles. The van der Waals surface area contributed by atoms with Crippen LogP contribution < -0.4 is 5.32 Å². The van der Waals surface area contributed by atoms with Crippen LogP contribution in [0.25, 0.3) is 0 Å². The lowest BCUT2D eigenvalue weighted by Crippen LogP contribution is -2.58. The van der Waals surface area contributed by atoms with E-state index in [0.29, 0.717) is 24.2 Å². The molecule has 0 aromatic carbocycles. The van der Waals surface area contributed by atoms with Gasteiger partial charge in [-0.15, -0.1) is 0 Å². The first-order valence-corrected chi connectivity index (χ1v) is 11.4. The molecular formula is C24H35NO3. The number of carboxylic acid groups (broad SMARTS) is 1. The van der Waals surface area contributed by atoms with Crippen molar-refractivity contribution in [2.75, 3.05) is 0 Å². The minimum absolute atomic E-state index is 0.0587. The highest BCUT2D eigenvalue weighted by molar-refractivity contribution is 5.80. The number of carbonyl (C=O) groups is 2. The SMILES string of the molecule is C[C@]12CCCC[C@@]1(C(=O)O)[C@@]1(C)CCC3C(CC=C4NC(=O)CC[C@@]43C)C1C2. The van der Waals surface area contributed by atoms with Crippen molar-refractivity contribution < 1.29 is 14.7 Å². The third kappa shape index (κ3) is 1.98. The number of hydrogen-bond acceptors (Lipinski definition) is 2. The third-order valence-corrected chi connectivity index (χ3v) is 10.6. The van der Waals surface area contributed by atoms with Crippen LogP contribution >= 0.6 is 0 Å². The number of rotatable bonds is 1. The van der Waals surface area contributed by atoms with Gasteiger partial charge in [0.25, 0.3) is 0 Å². The molecule has 0 aromatic heterocycles. The first-order valence-electron chi connectivity index (χ1n) is 11.4. The lowest BCUT2D eigenvalue weighted by molar-refractivity contribution is -0.178. The van der Waals surface area contributed by atoms with Gasteiger partial charge >= 0.3 is 5.97 Å². The van der Waals surface area contributed by atoms with Gasteiger partial charge in [0, 0.05) is 17.5 Å². The maximum absolute atomic E-state index is 12.9. The number of amides is 1. The second-order valence-corrected chi connectivity index (χ2v) is 11.3. The summed E-state index contributed by atoms with van der Waals surface area (Å²) in [5, 5.41) is 13.7. The van der Waals surface area contributed by atoms with Crippen LogP contribution in [0.4, 0.5) is 0 Å². The smallest absolute Gasteiger partial charge is 0.310 e. The van der Waals surface area contributed by atoms with Crippen molar-refractivity contribution in [2.24, 2.45) is 39.4 Å². The van der Waals surface area contributed by atoms with Crippen LogP contribution in [-0.2, 0) is 9.59 Å². The Morgan fingerprint density at radius 1 is 1.11 bits per heavy atom. The van der Waals surface area contributed by atoms with Crippen molar-refractivity contribution in [3.8, 4) is 0 Å². The zero-order valence-electron chi connectivity index (χ0n) is 17.6.